The SMILES string of the molecule is C[Si]1(C)c2ccccc2-c2nc(-c3cccc(-c4cccc5ccccc45)c3)nc(-c3ccccc3)c21. The van der Waals surface area contributed by atoms with Gasteiger partial charge in [-0.1, -0.05) is 128 Å². The summed E-state index contributed by atoms with van der Waals surface area (Å²) in [5.41, 5.74) is 8.03. The Kier molecular flexibility index (Phi) is 4.95. The lowest BCUT2D eigenvalue weighted by Gasteiger charge is -2.21. The summed E-state index contributed by atoms with van der Waals surface area (Å²) in [6.07, 6.45) is 0. The highest BCUT2D eigenvalue weighted by molar-refractivity contribution is 7.04. The Balaban J connectivity index is 1.47. The first-order chi connectivity index (χ1) is 18.1. The van der Waals surface area contributed by atoms with Crippen LogP contribution < -0.4 is 10.4 Å². The van der Waals surface area contributed by atoms with Crippen molar-refractivity contribution < 1.29 is 0 Å². The topological polar surface area (TPSA) is 25.8 Å². The molecule has 7 rings (SSSR count). The molecule has 1 aromatic heterocycles. The Morgan fingerprint density at radius 3 is 2.03 bits per heavy atom. The first-order valence-corrected chi connectivity index (χ1v) is 15.8. The monoisotopic (exact) mass is 490 g/mol. The molecular formula is C34H26N2Si. The molecule has 3 heteroatoms. The predicted octanol–water partition coefficient (Wildman–Crippen LogP) is 7.43. The smallest absolute Gasteiger partial charge is 0.160 e. The van der Waals surface area contributed by atoms with Crippen LogP contribution in [0.3, 0.4) is 0 Å². The Morgan fingerprint density at radius 2 is 1.14 bits per heavy atom. The molecule has 2 heterocycles. The van der Waals surface area contributed by atoms with E-state index in [9.17, 15) is 0 Å². The molecule has 0 amide bonds. The van der Waals surface area contributed by atoms with Crippen LogP contribution in [-0.4, -0.2) is 18.0 Å². The third-order valence-electron chi connectivity index (χ3n) is 7.66. The molecule has 0 aliphatic carbocycles. The van der Waals surface area contributed by atoms with Gasteiger partial charge in [0.25, 0.3) is 0 Å². The fourth-order valence-corrected chi connectivity index (χ4v) is 9.09. The molecule has 6 aromatic rings. The van der Waals surface area contributed by atoms with E-state index < -0.39 is 8.07 Å². The minimum atomic E-state index is -1.95. The van der Waals surface area contributed by atoms with Crippen molar-refractivity contribution >= 4 is 29.2 Å². The number of hydrogen-bond donors (Lipinski definition) is 0. The Bertz CT molecular complexity index is 1800. The van der Waals surface area contributed by atoms with Gasteiger partial charge < -0.3 is 0 Å². The zero-order valence-electron chi connectivity index (χ0n) is 20.9. The molecule has 0 N–H and O–H groups in total. The predicted molar refractivity (Wildman–Crippen MR) is 158 cm³/mol. The van der Waals surface area contributed by atoms with E-state index in [1.807, 2.05) is 0 Å². The van der Waals surface area contributed by atoms with E-state index in [0.717, 1.165) is 28.3 Å². The minimum Gasteiger partial charge on any atom is -0.228 e. The Labute approximate surface area is 218 Å². The fraction of sp³-hybridized carbons (Fsp3) is 0.0588. The summed E-state index contributed by atoms with van der Waals surface area (Å²) in [5, 5.41) is 5.28. The average molecular weight is 491 g/mol. The van der Waals surface area contributed by atoms with E-state index in [0.29, 0.717) is 0 Å². The molecule has 0 atom stereocenters. The summed E-state index contributed by atoms with van der Waals surface area (Å²) in [5.74, 6) is 0.779. The molecule has 2 nitrogen and oxygen atoms in total. The van der Waals surface area contributed by atoms with Gasteiger partial charge in [-0.05, 0) is 43.9 Å². The zero-order chi connectivity index (χ0) is 25.0. The lowest BCUT2D eigenvalue weighted by Crippen LogP contribution is -2.50. The minimum absolute atomic E-state index is 0.779. The maximum Gasteiger partial charge on any atom is 0.160 e. The molecule has 0 saturated carbocycles. The lowest BCUT2D eigenvalue weighted by atomic mass is 9.97. The molecule has 0 spiro atoms. The van der Waals surface area contributed by atoms with Crippen molar-refractivity contribution in [3.05, 3.63) is 121 Å². The summed E-state index contributed by atoms with van der Waals surface area (Å²) >= 11 is 0. The van der Waals surface area contributed by atoms with Crippen molar-refractivity contribution in [3.63, 3.8) is 0 Å². The van der Waals surface area contributed by atoms with Crippen molar-refractivity contribution in [2.45, 2.75) is 13.1 Å². The van der Waals surface area contributed by atoms with Gasteiger partial charge in [-0.2, -0.15) is 0 Å². The van der Waals surface area contributed by atoms with Crippen LogP contribution in [0.1, 0.15) is 0 Å². The van der Waals surface area contributed by atoms with Gasteiger partial charge in [0.1, 0.15) is 8.07 Å². The second-order valence-corrected chi connectivity index (χ2v) is 14.6. The van der Waals surface area contributed by atoms with Crippen LogP contribution in [0.2, 0.25) is 13.1 Å². The van der Waals surface area contributed by atoms with Crippen LogP contribution in [-0.2, 0) is 0 Å². The number of rotatable bonds is 3. The van der Waals surface area contributed by atoms with Gasteiger partial charge in [0.2, 0.25) is 0 Å². The normalized spacial score (nSPS) is 13.4. The average Bonchev–Trinajstić information content (AvgIpc) is 3.19. The number of benzene rings is 5. The first-order valence-electron chi connectivity index (χ1n) is 12.8. The van der Waals surface area contributed by atoms with E-state index in [2.05, 4.69) is 134 Å². The molecule has 0 unspecified atom stereocenters. The van der Waals surface area contributed by atoms with Crippen molar-refractivity contribution in [3.8, 4) is 45.0 Å². The van der Waals surface area contributed by atoms with E-state index in [4.69, 9.17) is 9.97 Å². The van der Waals surface area contributed by atoms with Crippen molar-refractivity contribution in [1.82, 2.24) is 9.97 Å². The standard InChI is InChI=1S/C34H26N2Si/c1-37(2)30-21-9-8-19-29(30)32-33(37)31(24-13-4-3-5-14-24)35-34(36-32)26-17-10-16-25(22-26)28-20-11-15-23-12-6-7-18-27(23)28/h3-22H,1-2H3. The summed E-state index contributed by atoms with van der Waals surface area (Å²) < 4.78 is 0. The van der Waals surface area contributed by atoms with Crippen LogP contribution in [0.15, 0.2) is 121 Å². The van der Waals surface area contributed by atoms with Crippen LogP contribution in [0.4, 0.5) is 0 Å². The van der Waals surface area contributed by atoms with Crippen LogP contribution in [0, 0.1) is 0 Å². The van der Waals surface area contributed by atoms with Crippen molar-refractivity contribution in [2.24, 2.45) is 0 Å². The Hall–Kier alpha value is -4.34. The third kappa shape index (κ3) is 3.46. The van der Waals surface area contributed by atoms with Gasteiger partial charge in [-0.25, -0.2) is 9.97 Å². The number of hydrogen-bond acceptors (Lipinski definition) is 2. The van der Waals surface area contributed by atoms with Gasteiger partial charge in [-0.15, -0.1) is 0 Å². The van der Waals surface area contributed by atoms with Gasteiger partial charge in [0.05, 0.1) is 11.4 Å². The second kappa shape index (κ2) is 8.36. The summed E-state index contributed by atoms with van der Waals surface area (Å²) in [6.45, 7) is 4.85. The maximum atomic E-state index is 5.28. The first kappa shape index (κ1) is 21.9. The molecule has 0 radical (unpaired) electrons. The third-order valence-corrected chi connectivity index (χ3v) is 11.2. The molecule has 0 fully saturated rings. The van der Waals surface area contributed by atoms with E-state index in [1.165, 1.54) is 37.8 Å². The summed E-state index contributed by atoms with van der Waals surface area (Å²) in [4.78, 5) is 10.6. The molecule has 37 heavy (non-hydrogen) atoms. The van der Waals surface area contributed by atoms with Gasteiger partial charge in [-0.3, -0.25) is 0 Å². The molecular weight excluding hydrogens is 464 g/mol. The quantitative estimate of drug-likeness (QED) is 0.241. The van der Waals surface area contributed by atoms with Crippen molar-refractivity contribution in [1.29, 1.82) is 0 Å². The van der Waals surface area contributed by atoms with Crippen LogP contribution in [0.5, 0.6) is 0 Å². The molecule has 0 saturated heterocycles. The zero-order valence-corrected chi connectivity index (χ0v) is 21.9. The number of nitrogens with zero attached hydrogens (tertiary/aromatic N) is 2. The molecule has 0 bridgehead atoms. The number of aromatic nitrogens is 2. The van der Waals surface area contributed by atoms with Gasteiger partial charge in [0.15, 0.2) is 5.82 Å². The van der Waals surface area contributed by atoms with Gasteiger partial charge in [0, 0.05) is 11.1 Å². The molecule has 5 aromatic carbocycles. The largest absolute Gasteiger partial charge is 0.228 e. The highest BCUT2D eigenvalue weighted by Gasteiger charge is 2.41. The molecule has 176 valence electrons. The maximum absolute atomic E-state index is 5.28. The van der Waals surface area contributed by atoms with E-state index in [-0.39, 0.29) is 0 Å². The van der Waals surface area contributed by atoms with Gasteiger partial charge >= 0.3 is 0 Å². The number of fused-ring (bicyclic) bond motifs is 4. The highest BCUT2D eigenvalue weighted by atomic mass is 28.3. The summed E-state index contributed by atoms with van der Waals surface area (Å²) in [6, 6.07) is 43.2. The van der Waals surface area contributed by atoms with E-state index >= 15 is 0 Å². The van der Waals surface area contributed by atoms with Crippen LogP contribution >= 0.6 is 0 Å². The second-order valence-electron chi connectivity index (χ2n) is 10.3. The van der Waals surface area contributed by atoms with E-state index in [1.54, 1.807) is 0 Å². The molecule has 1 aliphatic heterocycles. The summed E-state index contributed by atoms with van der Waals surface area (Å²) in [7, 11) is -1.95. The lowest BCUT2D eigenvalue weighted by molar-refractivity contribution is 1.20. The Morgan fingerprint density at radius 1 is 0.514 bits per heavy atom. The van der Waals surface area contributed by atoms with Crippen LogP contribution in [0.25, 0.3) is 55.8 Å². The van der Waals surface area contributed by atoms with Crippen molar-refractivity contribution in [2.75, 3.05) is 0 Å². The molecule has 1 aliphatic rings. The fourth-order valence-electron chi connectivity index (χ4n) is 5.85. The highest BCUT2D eigenvalue weighted by Crippen LogP contribution is 2.35.